The van der Waals surface area contributed by atoms with E-state index in [1.165, 1.54) is 36.5 Å². The number of carbonyl (C=O) groups excluding carboxylic acids is 1. The van der Waals surface area contributed by atoms with E-state index in [1.807, 2.05) is 0 Å². The summed E-state index contributed by atoms with van der Waals surface area (Å²) < 4.78 is 65.0. The number of nitrogens with one attached hydrogen (secondary N) is 2. The van der Waals surface area contributed by atoms with Gasteiger partial charge in [0.05, 0.1) is 35.5 Å². The zero-order valence-electron chi connectivity index (χ0n) is 17.0. The van der Waals surface area contributed by atoms with Crippen molar-refractivity contribution in [1.82, 2.24) is 15.0 Å². The number of amides is 1. The van der Waals surface area contributed by atoms with Gasteiger partial charge in [0.25, 0.3) is 0 Å². The van der Waals surface area contributed by atoms with Crippen LogP contribution in [0, 0.1) is 0 Å². The van der Waals surface area contributed by atoms with E-state index in [9.17, 15) is 26.4 Å². The van der Waals surface area contributed by atoms with E-state index in [0.29, 0.717) is 36.0 Å². The first kappa shape index (κ1) is 22.6. The second-order valence-corrected chi connectivity index (χ2v) is 9.41. The van der Waals surface area contributed by atoms with E-state index in [0.717, 1.165) is 0 Å². The number of hydrogen-bond donors (Lipinski definition) is 2. The summed E-state index contributed by atoms with van der Waals surface area (Å²) in [6.45, 7) is 0. The van der Waals surface area contributed by atoms with Crippen LogP contribution in [0.1, 0.15) is 24.2 Å². The van der Waals surface area contributed by atoms with Crippen molar-refractivity contribution in [2.75, 3.05) is 10.0 Å². The summed E-state index contributed by atoms with van der Waals surface area (Å²) in [5.74, 6) is -0.241. The van der Waals surface area contributed by atoms with Crippen LogP contribution >= 0.6 is 0 Å². The number of aromatic nitrogens is 3. The maximum Gasteiger partial charge on any atom is 0.434 e. The fourth-order valence-electron chi connectivity index (χ4n) is 2.98. The van der Waals surface area contributed by atoms with Crippen LogP contribution in [0.25, 0.3) is 11.3 Å². The average Bonchev–Trinajstić information content (AvgIpc) is 3.60. The maximum absolute atomic E-state index is 12.8. The molecule has 2 N–H and O–H groups in total. The van der Waals surface area contributed by atoms with Gasteiger partial charge in [-0.05, 0) is 37.1 Å². The molecule has 0 unspecified atom stereocenters. The summed E-state index contributed by atoms with van der Waals surface area (Å²) in [6, 6.07) is 10.8. The molecule has 0 bridgehead atoms. The minimum absolute atomic E-state index is 0.0531. The minimum atomic E-state index is -4.60. The third-order valence-corrected chi connectivity index (χ3v) is 6.59. The minimum Gasteiger partial charge on any atom is -0.326 e. The highest BCUT2D eigenvalue weighted by Gasteiger charge is 2.36. The fraction of sp³-hybridized carbons (Fsp3) is 0.238. The maximum atomic E-state index is 12.8. The van der Waals surface area contributed by atoms with Gasteiger partial charge in [0.15, 0.2) is 5.69 Å². The highest BCUT2D eigenvalue weighted by molar-refractivity contribution is 7.93. The van der Waals surface area contributed by atoms with E-state index < -0.39 is 33.1 Å². The van der Waals surface area contributed by atoms with E-state index in [2.05, 4.69) is 25.0 Å². The number of benzene rings is 1. The van der Waals surface area contributed by atoms with Crippen molar-refractivity contribution in [1.29, 1.82) is 0 Å². The van der Waals surface area contributed by atoms with Gasteiger partial charge < -0.3 is 5.32 Å². The van der Waals surface area contributed by atoms with Gasteiger partial charge in [-0.1, -0.05) is 18.2 Å². The molecule has 1 aromatic carbocycles. The Morgan fingerprint density at radius 1 is 1.03 bits per heavy atom. The second-order valence-electron chi connectivity index (χ2n) is 7.45. The van der Waals surface area contributed by atoms with Crippen molar-refractivity contribution >= 4 is 27.4 Å². The molecule has 1 fully saturated rings. The number of alkyl halides is 3. The standard InChI is InChI=1S/C21H18F3N5O3S/c22-21(23,24)18-12-25-11-17(28-18)13-4-6-14(7-5-13)27-20(30)10-15-2-1-3-19(26-15)29-33(31,32)16-8-9-16/h1-7,11-12,16H,8-10H2,(H,26,29)(H,27,30). The molecule has 0 saturated heterocycles. The number of halogens is 3. The molecule has 3 aromatic rings. The van der Waals surface area contributed by atoms with Gasteiger partial charge in [-0.15, -0.1) is 0 Å². The summed E-state index contributed by atoms with van der Waals surface area (Å²) in [4.78, 5) is 23.7. The summed E-state index contributed by atoms with van der Waals surface area (Å²) in [7, 11) is -3.46. The monoisotopic (exact) mass is 477 g/mol. The van der Waals surface area contributed by atoms with Gasteiger partial charge in [-0.3, -0.25) is 14.5 Å². The molecule has 172 valence electrons. The Labute approximate surface area is 187 Å². The number of sulfonamides is 1. The number of rotatable bonds is 7. The molecule has 0 aliphatic heterocycles. The van der Waals surface area contributed by atoms with E-state index in [-0.39, 0.29) is 17.9 Å². The molecule has 33 heavy (non-hydrogen) atoms. The van der Waals surface area contributed by atoms with Gasteiger partial charge in [0, 0.05) is 11.3 Å². The van der Waals surface area contributed by atoms with Crippen molar-refractivity contribution in [2.45, 2.75) is 30.7 Å². The van der Waals surface area contributed by atoms with E-state index >= 15 is 0 Å². The van der Waals surface area contributed by atoms with Crippen LogP contribution in [-0.4, -0.2) is 34.5 Å². The largest absolute Gasteiger partial charge is 0.434 e. The van der Waals surface area contributed by atoms with Crippen LogP contribution in [0.5, 0.6) is 0 Å². The Morgan fingerprint density at radius 2 is 1.76 bits per heavy atom. The molecule has 1 amide bonds. The molecule has 0 spiro atoms. The number of pyridine rings is 1. The molecule has 12 heteroatoms. The van der Waals surface area contributed by atoms with Crippen molar-refractivity contribution in [3.63, 3.8) is 0 Å². The van der Waals surface area contributed by atoms with Gasteiger partial charge >= 0.3 is 6.18 Å². The van der Waals surface area contributed by atoms with Gasteiger partial charge in [-0.2, -0.15) is 13.2 Å². The molecular weight excluding hydrogens is 459 g/mol. The molecule has 1 aliphatic carbocycles. The highest BCUT2D eigenvalue weighted by atomic mass is 32.2. The van der Waals surface area contributed by atoms with E-state index in [4.69, 9.17) is 0 Å². The Hall–Kier alpha value is -3.54. The molecule has 1 aliphatic rings. The molecule has 2 heterocycles. The summed E-state index contributed by atoms with van der Waals surface area (Å²) >= 11 is 0. The first-order valence-electron chi connectivity index (χ1n) is 9.87. The predicted octanol–water partition coefficient (Wildman–Crippen LogP) is 3.64. The Morgan fingerprint density at radius 3 is 2.42 bits per heavy atom. The fourth-order valence-corrected chi connectivity index (χ4v) is 4.31. The lowest BCUT2D eigenvalue weighted by Gasteiger charge is -2.09. The first-order chi connectivity index (χ1) is 15.6. The lowest BCUT2D eigenvalue weighted by Crippen LogP contribution is -2.19. The summed E-state index contributed by atoms with van der Waals surface area (Å²) in [5, 5.41) is 2.27. The normalized spacial score (nSPS) is 14.0. The van der Waals surface area contributed by atoms with Gasteiger partial charge in [0.2, 0.25) is 15.9 Å². The molecule has 0 atom stereocenters. The van der Waals surface area contributed by atoms with Crippen molar-refractivity contribution in [2.24, 2.45) is 0 Å². The zero-order chi connectivity index (χ0) is 23.6. The van der Waals surface area contributed by atoms with Crippen LogP contribution in [0.4, 0.5) is 24.7 Å². The zero-order valence-corrected chi connectivity index (χ0v) is 17.8. The number of anilines is 2. The molecule has 2 aromatic heterocycles. The van der Waals surface area contributed by atoms with Gasteiger partial charge in [-0.25, -0.2) is 18.4 Å². The first-order valence-corrected chi connectivity index (χ1v) is 11.4. The predicted molar refractivity (Wildman–Crippen MR) is 115 cm³/mol. The molecule has 0 radical (unpaired) electrons. The highest BCUT2D eigenvalue weighted by Crippen LogP contribution is 2.30. The Bertz CT molecular complexity index is 1280. The number of hydrogen-bond acceptors (Lipinski definition) is 6. The average molecular weight is 477 g/mol. The smallest absolute Gasteiger partial charge is 0.326 e. The Balaban J connectivity index is 1.39. The molecule has 8 nitrogen and oxygen atoms in total. The SMILES string of the molecule is O=C(Cc1cccc(NS(=O)(=O)C2CC2)n1)Nc1ccc(-c2cncc(C(F)(F)F)n2)cc1. The number of nitrogens with zero attached hydrogens (tertiary/aromatic N) is 3. The topological polar surface area (TPSA) is 114 Å². The summed E-state index contributed by atoms with van der Waals surface area (Å²) in [6.07, 6.45) is -1.58. The number of carbonyl (C=O) groups is 1. The second kappa shape index (κ2) is 8.77. The van der Waals surface area contributed by atoms with Crippen LogP contribution < -0.4 is 10.0 Å². The third-order valence-electron chi connectivity index (χ3n) is 4.75. The quantitative estimate of drug-likeness (QED) is 0.537. The van der Waals surface area contributed by atoms with E-state index in [1.54, 1.807) is 12.1 Å². The van der Waals surface area contributed by atoms with Crippen molar-refractivity contribution < 1.29 is 26.4 Å². The Kier molecular flexibility index (Phi) is 6.02. The molecule has 1 saturated carbocycles. The van der Waals surface area contributed by atoms with Crippen LogP contribution in [0.2, 0.25) is 0 Å². The molecule has 4 rings (SSSR count). The lowest BCUT2D eigenvalue weighted by molar-refractivity contribution is -0.141. The van der Waals surface area contributed by atoms with Crippen LogP contribution in [-0.2, 0) is 27.4 Å². The van der Waals surface area contributed by atoms with Gasteiger partial charge in [0.1, 0.15) is 5.82 Å². The molecular formula is C21H18F3N5O3S. The lowest BCUT2D eigenvalue weighted by atomic mass is 10.1. The summed E-state index contributed by atoms with van der Waals surface area (Å²) in [5.41, 5.74) is 0.168. The van der Waals surface area contributed by atoms with Crippen LogP contribution in [0.3, 0.4) is 0 Å². The van der Waals surface area contributed by atoms with Crippen molar-refractivity contribution in [3.8, 4) is 11.3 Å². The van der Waals surface area contributed by atoms with Crippen LogP contribution in [0.15, 0.2) is 54.9 Å². The third kappa shape index (κ3) is 5.83. The van der Waals surface area contributed by atoms with Crippen molar-refractivity contribution in [3.05, 3.63) is 66.2 Å².